The molecular formula is C19H17ClN4O3S. The van der Waals surface area contributed by atoms with E-state index in [1.165, 1.54) is 11.6 Å². The molecule has 0 unspecified atom stereocenters. The summed E-state index contributed by atoms with van der Waals surface area (Å²) in [6.07, 6.45) is 1.56. The van der Waals surface area contributed by atoms with Crippen LogP contribution in [-0.4, -0.2) is 25.7 Å². The smallest absolute Gasteiger partial charge is 0.332 e. The maximum Gasteiger partial charge on any atom is 0.332 e. The van der Waals surface area contributed by atoms with E-state index in [-0.39, 0.29) is 23.7 Å². The van der Waals surface area contributed by atoms with Gasteiger partial charge in [0, 0.05) is 13.2 Å². The fourth-order valence-electron chi connectivity index (χ4n) is 2.65. The van der Waals surface area contributed by atoms with Gasteiger partial charge in [0.1, 0.15) is 16.4 Å². The molecule has 2 N–H and O–H groups in total. The Morgan fingerprint density at radius 1 is 1.18 bits per heavy atom. The number of hydrogen-bond donors (Lipinski definition) is 1. The van der Waals surface area contributed by atoms with Gasteiger partial charge in [-0.3, -0.25) is 18.7 Å². The highest BCUT2D eigenvalue weighted by Gasteiger charge is 2.22. The van der Waals surface area contributed by atoms with E-state index in [1.54, 1.807) is 18.3 Å². The SMILES string of the molecule is Cn1c(=O)c(C(=O)CSc2ncccc2Cl)c(N)n(Cc2ccccc2)c1=O. The summed E-state index contributed by atoms with van der Waals surface area (Å²) in [5.74, 6) is -0.721. The van der Waals surface area contributed by atoms with Crippen LogP contribution in [0.3, 0.4) is 0 Å². The van der Waals surface area contributed by atoms with Crippen LogP contribution < -0.4 is 17.0 Å². The Morgan fingerprint density at radius 3 is 2.57 bits per heavy atom. The summed E-state index contributed by atoms with van der Waals surface area (Å²) in [4.78, 5) is 41.9. The van der Waals surface area contributed by atoms with Crippen molar-refractivity contribution < 1.29 is 4.79 Å². The first-order chi connectivity index (χ1) is 13.4. The largest absolute Gasteiger partial charge is 0.384 e. The van der Waals surface area contributed by atoms with Gasteiger partial charge < -0.3 is 5.73 Å². The zero-order chi connectivity index (χ0) is 20.3. The Balaban J connectivity index is 1.96. The summed E-state index contributed by atoms with van der Waals surface area (Å²) >= 11 is 7.15. The van der Waals surface area contributed by atoms with E-state index in [2.05, 4.69) is 4.98 Å². The van der Waals surface area contributed by atoms with Crippen LogP contribution in [0.2, 0.25) is 5.02 Å². The maximum absolute atomic E-state index is 12.7. The molecule has 7 nitrogen and oxygen atoms in total. The first-order valence-electron chi connectivity index (χ1n) is 8.30. The fourth-order valence-corrected chi connectivity index (χ4v) is 3.69. The number of aromatic nitrogens is 3. The standard InChI is InChI=1S/C19H17ClN4O3S/c1-23-18(26)15(14(25)11-28-17-13(20)8-5-9-22-17)16(21)24(19(23)27)10-12-6-3-2-4-7-12/h2-9H,10-11,21H2,1H3. The van der Waals surface area contributed by atoms with E-state index in [4.69, 9.17) is 17.3 Å². The molecule has 1 aromatic carbocycles. The number of halogens is 1. The van der Waals surface area contributed by atoms with Gasteiger partial charge in [0.15, 0.2) is 5.78 Å². The molecule has 2 aromatic heterocycles. The van der Waals surface area contributed by atoms with Crippen LogP contribution in [0.25, 0.3) is 0 Å². The molecule has 0 bridgehead atoms. The summed E-state index contributed by atoms with van der Waals surface area (Å²) in [6.45, 7) is 0.152. The minimum Gasteiger partial charge on any atom is -0.384 e. The lowest BCUT2D eigenvalue weighted by Gasteiger charge is -2.14. The molecule has 0 saturated heterocycles. The first kappa shape index (κ1) is 19.9. The zero-order valence-electron chi connectivity index (χ0n) is 15.0. The van der Waals surface area contributed by atoms with Gasteiger partial charge >= 0.3 is 5.69 Å². The quantitative estimate of drug-likeness (QED) is 0.488. The number of hydrogen-bond acceptors (Lipinski definition) is 6. The van der Waals surface area contributed by atoms with Crippen molar-refractivity contribution in [3.8, 4) is 0 Å². The number of benzene rings is 1. The van der Waals surface area contributed by atoms with Crippen molar-refractivity contribution in [3.05, 3.63) is 85.6 Å². The van der Waals surface area contributed by atoms with E-state index in [0.29, 0.717) is 10.0 Å². The van der Waals surface area contributed by atoms with Crippen LogP contribution >= 0.6 is 23.4 Å². The zero-order valence-corrected chi connectivity index (χ0v) is 16.5. The molecule has 9 heteroatoms. The van der Waals surface area contributed by atoms with Gasteiger partial charge in [-0.05, 0) is 17.7 Å². The third-order valence-corrected chi connectivity index (χ3v) is 5.53. The molecule has 0 amide bonds. The third kappa shape index (κ3) is 4.02. The average Bonchev–Trinajstić information content (AvgIpc) is 2.70. The van der Waals surface area contributed by atoms with E-state index in [1.807, 2.05) is 30.3 Å². The van der Waals surface area contributed by atoms with Crippen LogP contribution in [0.15, 0.2) is 63.3 Å². The lowest BCUT2D eigenvalue weighted by molar-refractivity contribution is 0.102. The Morgan fingerprint density at radius 2 is 1.89 bits per heavy atom. The molecule has 0 radical (unpaired) electrons. The number of anilines is 1. The number of carbonyl (C=O) groups excluding carboxylic acids is 1. The Labute approximate surface area is 169 Å². The Bertz CT molecular complexity index is 1140. The lowest BCUT2D eigenvalue weighted by Crippen LogP contribution is -2.43. The van der Waals surface area contributed by atoms with Crippen LogP contribution in [0.5, 0.6) is 0 Å². The monoisotopic (exact) mass is 416 g/mol. The number of carbonyl (C=O) groups is 1. The van der Waals surface area contributed by atoms with Crippen molar-refractivity contribution in [2.75, 3.05) is 11.5 Å². The van der Waals surface area contributed by atoms with E-state index >= 15 is 0 Å². The number of nitrogen functional groups attached to an aromatic ring is 1. The van der Waals surface area contributed by atoms with Crippen molar-refractivity contribution in [1.82, 2.24) is 14.1 Å². The van der Waals surface area contributed by atoms with E-state index < -0.39 is 17.0 Å². The predicted octanol–water partition coefficient (Wildman–Crippen LogP) is 2.20. The van der Waals surface area contributed by atoms with Gasteiger partial charge in [-0.25, -0.2) is 9.78 Å². The summed E-state index contributed by atoms with van der Waals surface area (Å²) in [5, 5.41) is 0.890. The normalized spacial score (nSPS) is 10.8. The number of Topliss-reactive ketones (excluding diaryl/α,β-unsaturated/α-hetero) is 1. The second-order valence-corrected chi connectivity index (χ2v) is 7.35. The van der Waals surface area contributed by atoms with Crippen molar-refractivity contribution in [1.29, 1.82) is 0 Å². The Kier molecular flexibility index (Phi) is 6.01. The van der Waals surface area contributed by atoms with Gasteiger partial charge in [-0.15, -0.1) is 0 Å². The third-order valence-electron chi connectivity index (χ3n) is 4.11. The molecular weight excluding hydrogens is 400 g/mol. The predicted molar refractivity (Wildman–Crippen MR) is 110 cm³/mol. The lowest BCUT2D eigenvalue weighted by atomic mass is 10.2. The molecule has 144 valence electrons. The van der Waals surface area contributed by atoms with Gasteiger partial charge in [-0.1, -0.05) is 53.7 Å². The molecule has 0 aliphatic rings. The molecule has 0 saturated carbocycles. The first-order valence-corrected chi connectivity index (χ1v) is 9.66. The van der Waals surface area contributed by atoms with Crippen molar-refractivity contribution in [3.63, 3.8) is 0 Å². The molecule has 0 atom stereocenters. The number of ketones is 1. The summed E-state index contributed by atoms with van der Waals surface area (Å²) in [7, 11) is 1.32. The van der Waals surface area contributed by atoms with E-state index in [9.17, 15) is 14.4 Å². The number of thioether (sulfide) groups is 1. The molecule has 0 aliphatic heterocycles. The van der Waals surface area contributed by atoms with Gasteiger partial charge in [-0.2, -0.15) is 0 Å². The summed E-state index contributed by atoms with van der Waals surface area (Å²) < 4.78 is 2.12. The Hall–Kier alpha value is -2.84. The maximum atomic E-state index is 12.7. The van der Waals surface area contributed by atoms with Gasteiger partial charge in [0.2, 0.25) is 0 Å². The second kappa shape index (κ2) is 8.45. The highest BCUT2D eigenvalue weighted by Crippen LogP contribution is 2.25. The number of rotatable bonds is 6. The second-order valence-electron chi connectivity index (χ2n) is 5.98. The van der Waals surface area contributed by atoms with Crippen LogP contribution in [0, 0.1) is 0 Å². The number of pyridine rings is 1. The average molecular weight is 417 g/mol. The molecule has 28 heavy (non-hydrogen) atoms. The van der Waals surface area contributed by atoms with Crippen molar-refractivity contribution >= 4 is 35.0 Å². The summed E-state index contributed by atoms with van der Waals surface area (Å²) in [6, 6.07) is 12.5. The van der Waals surface area contributed by atoms with Crippen LogP contribution in [-0.2, 0) is 13.6 Å². The minimum atomic E-state index is -0.718. The number of nitrogens with zero attached hydrogens (tertiary/aromatic N) is 3. The number of nitrogens with two attached hydrogens (primary N) is 1. The van der Waals surface area contributed by atoms with Crippen LogP contribution in [0.1, 0.15) is 15.9 Å². The minimum absolute atomic E-state index is 0.0836. The fraction of sp³-hybridized carbons (Fsp3) is 0.158. The molecule has 3 aromatic rings. The highest BCUT2D eigenvalue weighted by molar-refractivity contribution is 8.00. The molecule has 0 aliphatic carbocycles. The van der Waals surface area contributed by atoms with Crippen molar-refractivity contribution in [2.45, 2.75) is 11.6 Å². The van der Waals surface area contributed by atoms with Crippen LogP contribution in [0.4, 0.5) is 5.82 Å². The molecule has 0 fully saturated rings. The van der Waals surface area contributed by atoms with Crippen molar-refractivity contribution in [2.24, 2.45) is 7.05 Å². The van der Waals surface area contributed by atoms with E-state index in [0.717, 1.165) is 21.9 Å². The van der Waals surface area contributed by atoms with Gasteiger partial charge in [0.25, 0.3) is 5.56 Å². The summed E-state index contributed by atoms with van der Waals surface area (Å²) in [5.41, 5.74) is 5.39. The van der Waals surface area contributed by atoms with Gasteiger partial charge in [0.05, 0.1) is 17.3 Å². The molecule has 2 heterocycles. The topological polar surface area (TPSA) is 100.0 Å². The highest BCUT2D eigenvalue weighted by atomic mass is 35.5. The molecule has 3 rings (SSSR count). The molecule has 0 spiro atoms.